The molecule has 7 heteroatoms. The predicted octanol–water partition coefficient (Wildman–Crippen LogP) is 6.22. The van der Waals surface area contributed by atoms with Crippen LogP contribution in [0.1, 0.15) is 48.0 Å². The number of amides is 2. The molecule has 0 unspecified atom stereocenters. The summed E-state index contributed by atoms with van der Waals surface area (Å²) < 4.78 is 1.79. The molecule has 0 spiro atoms. The number of ketones is 1. The van der Waals surface area contributed by atoms with Crippen molar-refractivity contribution in [2.45, 2.75) is 13.8 Å². The van der Waals surface area contributed by atoms with E-state index in [0.717, 1.165) is 11.4 Å². The van der Waals surface area contributed by atoms with E-state index in [1.54, 1.807) is 77.5 Å². The zero-order valence-corrected chi connectivity index (χ0v) is 21.5. The topological polar surface area (TPSA) is 93.1 Å². The van der Waals surface area contributed by atoms with Crippen LogP contribution < -0.4 is 10.6 Å². The minimum Gasteiger partial charge on any atom is -0.322 e. The number of rotatable bonds is 7. The summed E-state index contributed by atoms with van der Waals surface area (Å²) in [5, 5.41) is 10.4. The zero-order valence-electron chi connectivity index (χ0n) is 21.5. The third kappa shape index (κ3) is 5.38. The van der Waals surface area contributed by atoms with Crippen LogP contribution in [0.25, 0.3) is 5.69 Å². The first-order valence-corrected chi connectivity index (χ1v) is 12.5. The molecule has 192 valence electrons. The first-order chi connectivity index (χ1) is 18.9. The minimum absolute atomic E-state index is 0.240. The number of para-hydroxylation sites is 1. The number of carbonyl (C=O) groups excluding carboxylic acids is 3. The summed E-state index contributed by atoms with van der Waals surface area (Å²) in [4.78, 5) is 39.4. The van der Waals surface area contributed by atoms with Gasteiger partial charge in [-0.25, -0.2) is 4.68 Å². The van der Waals surface area contributed by atoms with E-state index in [-0.39, 0.29) is 17.3 Å². The number of benzene rings is 4. The maximum absolute atomic E-state index is 13.2. The van der Waals surface area contributed by atoms with E-state index in [9.17, 15) is 14.4 Å². The Hall–Kier alpha value is -5.30. The Kier molecular flexibility index (Phi) is 7.14. The van der Waals surface area contributed by atoms with Gasteiger partial charge in [0.2, 0.25) is 0 Å². The van der Waals surface area contributed by atoms with E-state index in [0.29, 0.717) is 33.8 Å². The highest BCUT2D eigenvalue weighted by Crippen LogP contribution is 2.24. The molecule has 5 rings (SSSR count). The summed E-state index contributed by atoms with van der Waals surface area (Å²) in [6.45, 7) is 3.74. The SMILES string of the molecule is Cc1nn(-c2ccccc2)c(C)c1NC(=O)c1cccc(NC(=O)c2ccccc2C(=O)c2ccccc2)c1. The van der Waals surface area contributed by atoms with Crippen molar-refractivity contribution in [1.82, 2.24) is 9.78 Å². The van der Waals surface area contributed by atoms with Gasteiger partial charge in [-0.05, 0) is 50.2 Å². The second kappa shape index (κ2) is 11.0. The van der Waals surface area contributed by atoms with E-state index in [1.165, 1.54) is 0 Å². The highest BCUT2D eigenvalue weighted by atomic mass is 16.2. The number of nitrogens with zero attached hydrogens (tertiary/aromatic N) is 2. The van der Waals surface area contributed by atoms with Crippen LogP contribution in [0.15, 0.2) is 109 Å². The fourth-order valence-corrected chi connectivity index (χ4v) is 4.39. The predicted molar refractivity (Wildman–Crippen MR) is 152 cm³/mol. The van der Waals surface area contributed by atoms with Crippen molar-refractivity contribution in [1.29, 1.82) is 0 Å². The summed E-state index contributed by atoms with van der Waals surface area (Å²) in [6, 6.07) is 31.8. The molecule has 4 aromatic carbocycles. The number of aromatic nitrogens is 2. The summed E-state index contributed by atoms with van der Waals surface area (Å²) in [5.74, 6) is -1.01. The maximum atomic E-state index is 13.2. The molecule has 0 radical (unpaired) electrons. The van der Waals surface area contributed by atoms with Crippen LogP contribution in [0.5, 0.6) is 0 Å². The zero-order chi connectivity index (χ0) is 27.4. The van der Waals surface area contributed by atoms with Gasteiger partial charge in [-0.15, -0.1) is 0 Å². The highest BCUT2D eigenvalue weighted by Gasteiger charge is 2.19. The second-order valence-electron chi connectivity index (χ2n) is 9.02. The van der Waals surface area contributed by atoms with Crippen molar-refractivity contribution in [3.8, 4) is 5.69 Å². The van der Waals surface area contributed by atoms with Crippen LogP contribution in [-0.4, -0.2) is 27.4 Å². The first kappa shape index (κ1) is 25.4. The van der Waals surface area contributed by atoms with Gasteiger partial charge < -0.3 is 10.6 Å². The van der Waals surface area contributed by atoms with Gasteiger partial charge in [-0.2, -0.15) is 5.10 Å². The average molecular weight is 515 g/mol. The fourth-order valence-electron chi connectivity index (χ4n) is 4.39. The van der Waals surface area contributed by atoms with E-state index in [1.807, 2.05) is 50.2 Å². The van der Waals surface area contributed by atoms with Gasteiger partial charge in [-0.1, -0.05) is 72.8 Å². The Labute approximate surface area is 226 Å². The van der Waals surface area contributed by atoms with Crippen molar-refractivity contribution >= 4 is 29.0 Å². The van der Waals surface area contributed by atoms with Crippen LogP contribution in [0.2, 0.25) is 0 Å². The van der Waals surface area contributed by atoms with Crippen molar-refractivity contribution in [2.75, 3.05) is 10.6 Å². The van der Waals surface area contributed by atoms with E-state index < -0.39 is 5.91 Å². The molecule has 0 atom stereocenters. The Bertz CT molecular complexity index is 1670. The Morgan fingerprint density at radius 3 is 1.97 bits per heavy atom. The van der Waals surface area contributed by atoms with Gasteiger partial charge in [0.15, 0.2) is 5.78 Å². The normalized spacial score (nSPS) is 10.6. The highest BCUT2D eigenvalue weighted by molar-refractivity contribution is 6.17. The third-order valence-corrected chi connectivity index (χ3v) is 6.37. The Morgan fingerprint density at radius 1 is 0.641 bits per heavy atom. The molecule has 0 saturated carbocycles. The molecule has 0 aliphatic carbocycles. The first-order valence-electron chi connectivity index (χ1n) is 12.5. The van der Waals surface area contributed by atoms with Crippen molar-refractivity contribution in [3.05, 3.63) is 143 Å². The second-order valence-corrected chi connectivity index (χ2v) is 9.02. The summed E-state index contributed by atoms with van der Waals surface area (Å²) in [6.07, 6.45) is 0. The van der Waals surface area contributed by atoms with E-state index in [2.05, 4.69) is 15.7 Å². The lowest BCUT2D eigenvalue weighted by Crippen LogP contribution is -2.18. The molecule has 1 heterocycles. The van der Waals surface area contributed by atoms with Gasteiger partial charge in [0.25, 0.3) is 11.8 Å². The molecule has 0 aliphatic rings. The lowest BCUT2D eigenvalue weighted by Gasteiger charge is -2.11. The van der Waals surface area contributed by atoms with E-state index in [4.69, 9.17) is 0 Å². The fraction of sp³-hybridized carbons (Fsp3) is 0.0625. The molecule has 39 heavy (non-hydrogen) atoms. The number of carbonyl (C=O) groups is 3. The van der Waals surface area contributed by atoms with Crippen LogP contribution in [0.4, 0.5) is 11.4 Å². The molecule has 5 aromatic rings. The molecule has 0 saturated heterocycles. The third-order valence-electron chi connectivity index (χ3n) is 6.37. The van der Waals surface area contributed by atoms with E-state index >= 15 is 0 Å². The van der Waals surface area contributed by atoms with Crippen LogP contribution in [-0.2, 0) is 0 Å². The number of anilines is 2. The van der Waals surface area contributed by atoms with Crippen LogP contribution in [0, 0.1) is 13.8 Å². The molecular formula is C32H26N4O3. The largest absolute Gasteiger partial charge is 0.322 e. The smallest absolute Gasteiger partial charge is 0.256 e. The van der Waals surface area contributed by atoms with Crippen molar-refractivity contribution < 1.29 is 14.4 Å². The lowest BCUT2D eigenvalue weighted by molar-refractivity contribution is 0.0996. The molecule has 0 bridgehead atoms. The van der Waals surface area contributed by atoms with Gasteiger partial charge >= 0.3 is 0 Å². The Balaban J connectivity index is 1.35. The lowest BCUT2D eigenvalue weighted by atomic mass is 9.98. The molecule has 1 aromatic heterocycles. The molecular weight excluding hydrogens is 488 g/mol. The summed E-state index contributed by atoms with van der Waals surface area (Å²) >= 11 is 0. The number of aryl methyl sites for hydroxylation is 1. The minimum atomic E-state index is -0.441. The summed E-state index contributed by atoms with van der Waals surface area (Å²) in [7, 11) is 0. The maximum Gasteiger partial charge on any atom is 0.256 e. The number of hydrogen-bond donors (Lipinski definition) is 2. The standard InChI is InChI=1S/C32H26N4O3/c1-21-29(22(2)36(35-21)26-16-7-4-8-17-26)34-31(38)24-14-11-15-25(20-24)33-32(39)28-19-10-9-18-27(28)30(37)23-12-5-3-6-13-23/h3-20H,1-2H3,(H,33,39)(H,34,38). The monoisotopic (exact) mass is 514 g/mol. The van der Waals surface area contributed by atoms with Gasteiger partial charge in [-0.3, -0.25) is 14.4 Å². The molecule has 2 N–H and O–H groups in total. The number of nitrogens with one attached hydrogen (secondary N) is 2. The molecule has 7 nitrogen and oxygen atoms in total. The van der Waals surface area contributed by atoms with Crippen molar-refractivity contribution in [3.63, 3.8) is 0 Å². The molecule has 2 amide bonds. The van der Waals surface area contributed by atoms with Gasteiger partial charge in [0.05, 0.1) is 28.3 Å². The number of hydrogen-bond acceptors (Lipinski definition) is 4. The molecule has 0 fully saturated rings. The Morgan fingerprint density at radius 2 is 1.26 bits per heavy atom. The van der Waals surface area contributed by atoms with Gasteiger partial charge in [0, 0.05) is 22.4 Å². The van der Waals surface area contributed by atoms with Crippen molar-refractivity contribution in [2.24, 2.45) is 0 Å². The van der Waals surface area contributed by atoms with Gasteiger partial charge in [0.1, 0.15) is 0 Å². The van der Waals surface area contributed by atoms with Crippen LogP contribution >= 0.6 is 0 Å². The average Bonchev–Trinajstić information content (AvgIpc) is 3.26. The summed E-state index contributed by atoms with van der Waals surface area (Å²) in [5.41, 5.74) is 4.87. The quantitative estimate of drug-likeness (QED) is 0.252. The molecule has 0 aliphatic heterocycles. The van der Waals surface area contributed by atoms with Crippen LogP contribution in [0.3, 0.4) is 0 Å².